The number of ether oxygens (including phenoxy) is 1. The van der Waals surface area contributed by atoms with E-state index in [1.807, 2.05) is 84.9 Å². The SMILES string of the molecule is O=C(Cc1ccccc1)OCC(=O)N1c2ccccc2SC[C@@H]1c1ccccc1. The van der Waals surface area contributed by atoms with Gasteiger partial charge in [0.05, 0.1) is 18.2 Å². The van der Waals surface area contributed by atoms with Crippen molar-refractivity contribution >= 4 is 29.3 Å². The highest BCUT2D eigenvalue weighted by molar-refractivity contribution is 7.99. The third-order valence-electron chi connectivity index (χ3n) is 4.83. The zero-order valence-corrected chi connectivity index (χ0v) is 16.7. The molecule has 0 N–H and O–H groups in total. The first-order valence-corrected chi connectivity index (χ1v) is 10.5. The maximum Gasteiger partial charge on any atom is 0.310 e. The van der Waals surface area contributed by atoms with Crippen LogP contribution >= 0.6 is 11.8 Å². The molecule has 4 rings (SSSR count). The van der Waals surface area contributed by atoms with E-state index in [9.17, 15) is 9.59 Å². The molecule has 0 radical (unpaired) electrons. The van der Waals surface area contributed by atoms with Gasteiger partial charge in [0.15, 0.2) is 6.61 Å². The molecule has 29 heavy (non-hydrogen) atoms. The Bertz CT molecular complexity index is 991. The van der Waals surface area contributed by atoms with Gasteiger partial charge in [0, 0.05) is 10.6 Å². The molecule has 4 nitrogen and oxygen atoms in total. The van der Waals surface area contributed by atoms with E-state index in [0.29, 0.717) is 0 Å². The summed E-state index contributed by atoms with van der Waals surface area (Å²) in [5, 5.41) is 0. The monoisotopic (exact) mass is 403 g/mol. The van der Waals surface area contributed by atoms with Crippen LogP contribution in [0.3, 0.4) is 0 Å². The van der Waals surface area contributed by atoms with Crippen LogP contribution in [0.25, 0.3) is 0 Å². The van der Waals surface area contributed by atoms with Crippen molar-refractivity contribution in [2.45, 2.75) is 17.4 Å². The predicted octanol–water partition coefficient (Wildman–Crippen LogP) is 4.65. The number of nitrogens with zero attached hydrogens (tertiary/aromatic N) is 1. The molecule has 0 aromatic heterocycles. The second-order valence-electron chi connectivity index (χ2n) is 6.79. The van der Waals surface area contributed by atoms with Gasteiger partial charge < -0.3 is 4.74 Å². The Kier molecular flexibility index (Phi) is 5.96. The van der Waals surface area contributed by atoms with Crippen LogP contribution in [0.5, 0.6) is 0 Å². The number of fused-ring (bicyclic) bond motifs is 1. The molecule has 146 valence electrons. The lowest BCUT2D eigenvalue weighted by Gasteiger charge is -2.37. The highest BCUT2D eigenvalue weighted by Gasteiger charge is 2.32. The third-order valence-corrected chi connectivity index (χ3v) is 5.97. The first kappa shape index (κ1) is 19.3. The van der Waals surface area contributed by atoms with Crippen molar-refractivity contribution in [3.05, 3.63) is 96.1 Å². The Balaban J connectivity index is 1.51. The number of amides is 1. The lowest BCUT2D eigenvalue weighted by atomic mass is 10.1. The minimum atomic E-state index is -0.402. The Morgan fingerprint density at radius 1 is 0.897 bits per heavy atom. The Morgan fingerprint density at radius 3 is 2.31 bits per heavy atom. The molecule has 0 bridgehead atoms. The van der Waals surface area contributed by atoms with Crippen molar-refractivity contribution in [1.82, 2.24) is 0 Å². The van der Waals surface area contributed by atoms with Gasteiger partial charge in [-0.3, -0.25) is 14.5 Å². The van der Waals surface area contributed by atoms with Crippen molar-refractivity contribution in [2.24, 2.45) is 0 Å². The molecule has 0 unspecified atom stereocenters. The summed E-state index contributed by atoms with van der Waals surface area (Å²) in [5.74, 6) is 0.138. The van der Waals surface area contributed by atoms with Gasteiger partial charge in [0.1, 0.15) is 0 Å². The third kappa shape index (κ3) is 4.51. The van der Waals surface area contributed by atoms with Crippen LogP contribution < -0.4 is 4.90 Å². The van der Waals surface area contributed by atoms with Gasteiger partial charge in [-0.05, 0) is 23.3 Å². The molecule has 0 spiro atoms. The van der Waals surface area contributed by atoms with Gasteiger partial charge in [0.2, 0.25) is 0 Å². The molecular formula is C24H21NO3S. The van der Waals surface area contributed by atoms with Crippen LogP contribution in [0.1, 0.15) is 17.2 Å². The van der Waals surface area contributed by atoms with E-state index in [2.05, 4.69) is 0 Å². The van der Waals surface area contributed by atoms with Gasteiger partial charge in [0.25, 0.3) is 5.91 Å². The number of para-hydroxylation sites is 1. The molecule has 3 aromatic carbocycles. The zero-order valence-electron chi connectivity index (χ0n) is 15.9. The molecule has 0 saturated carbocycles. The fourth-order valence-electron chi connectivity index (χ4n) is 3.44. The van der Waals surface area contributed by atoms with E-state index in [4.69, 9.17) is 4.74 Å². The number of hydrogen-bond donors (Lipinski definition) is 0. The summed E-state index contributed by atoms with van der Waals surface area (Å²) in [4.78, 5) is 28.2. The normalized spacial score (nSPS) is 15.4. The number of hydrogen-bond acceptors (Lipinski definition) is 4. The largest absolute Gasteiger partial charge is 0.455 e. The van der Waals surface area contributed by atoms with Crippen molar-refractivity contribution < 1.29 is 14.3 Å². The van der Waals surface area contributed by atoms with Crippen LogP contribution in [0.4, 0.5) is 5.69 Å². The highest BCUT2D eigenvalue weighted by Crippen LogP contribution is 2.43. The van der Waals surface area contributed by atoms with Crippen molar-refractivity contribution in [3.8, 4) is 0 Å². The van der Waals surface area contributed by atoms with Gasteiger partial charge in [-0.1, -0.05) is 72.8 Å². The van der Waals surface area contributed by atoms with Gasteiger partial charge in [-0.2, -0.15) is 0 Å². The summed E-state index contributed by atoms with van der Waals surface area (Å²) in [7, 11) is 0. The molecule has 0 saturated heterocycles. The first-order chi connectivity index (χ1) is 14.2. The minimum absolute atomic E-state index is 0.101. The van der Waals surface area contributed by atoms with Gasteiger partial charge >= 0.3 is 5.97 Å². The Labute approximate surface area is 174 Å². The van der Waals surface area contributed by atoms with E-state index >= 15 is 0 Å². The summed E-state index contributed by atoms with van der Waals surface area (Å²) in [6.07, 6.45) is 0.155. The second-order valence-corrected chi connectivity index (χ2v) is 7.85. The summed E-state index contributed by atoms with van der Waals surface area (Å²) < 4.78 is 5.32. The average molecular weight is 404 g/mol. The van der Waals surface area contributed by atoms with Crippen LogP contribution in [0.15, 0.2) is 89.8 Å². The molecule has 0 aliphatic carbocycles. The van der Waals surface area contributed by atoms with Crippen molar-refractivity contribution in [1.29, 1.82) is 0 Å². The van der Waals surface area contributed by atoms with E-state index in [-0.39, 0.29) is 25.0 Å². The highest BCUT2D eigenvalue weighted by atomic mass is 32.2. The Hall–Kier alpha value is -3.05. The first-order valence-electron chi connectivity index (χ1n) is 9.51. The standard InChI is InChI=1S/C24H21NO3S/c26-23(16-28-24(27)15-18-9-3-1-4-10-18)25-20-13-7-8-14-22(20)29-17-21(25)19-11-5-2-6-12-19/h1-14,21H,15-17H2/t21-/m1/s1. The van der Waals surface area contributed by atoms with E-state index in [0.717, 1.165) is 27.5 Å². The number of carbonyl (C=O) groups excluding carboxylic acids is 2. The van der Waals surface area contributed by atoms with Crippen LogP contribution in [-0.4, -0.2) is 24.2 Å². The number of thioether (sulfide) groups is 1. The van der Waals surface area contributed by atoms with Gasteiger partial charge in [-0.25, -0.2) is 0 Å². The van der Waals surface area contributed by atoms with Crippen molar-refractivity contribution in [2.75, 3.05) is 17.3 Å². The van der Waals surface area contributed by atoms with Crippen LogP contribution in [0, 0.1) is 0 Å². The fourth-order valence-corrected chi connectivity index (χ4v) is 4.61. The topological polar surface area (TPSA) is 46.6 Å². The molecule has 1 atom stereocenters. The lowest BCUT2D eigenvalue weighted by Crippen LogP contribution is -2.41. The van der Waals surface area contributed by atoms with Crippen LogP contribution in [-0.2, 0) is 20.7 Å². The lowest BCUT2D eigenvalue weighted by molar-refractivity contribution is -0.147. The number of esters is 1. The number of rotatable bonds is 5. The second kappa shape index (κ2) is 8.97. The molecular weight excluding hydrogens is 382 g/mol. The molecule has 1 amide bonds. The predicted molar refractivity (Wildman–Crippen MR) is 115 cm³/mol. The minimum Gasteiger partial charge on any atom is -0.455 e. The number of benzene rings is 3. The molecule has 3 aromatic rings. The zero-order chi connectivity index (χ0) is 20.1. The van der Waals surface area contributed by atoms with Crippen molar-refractivity contribution in [3.63, 3.8) is 0 Å². The quantitative estimate of drug-likeness (QED) is 0.582. The average Bonchev–Trinajstić information content (AvgIpc) is 2.78. The smallest absolute Gasteiger partial charge is 0.310 e. The van der Waals surface area contributed by atoms with E-state index in [1.165, 1.54) is 0 Å². The maximum absolute atomic E-state index is 13.1. The summed E-state index contributed by atoms with van der Waals surface area (Å²) in [6, 6.07) is 27.1. The fraction of sp³-hybridized carbons (Fsp3) is 0.167. The molecule has 1 heterocycles. The summed E-state index contributed by atoms with van der Waals surface area (Å²) >= 11 is 1.74. The molecule has 5 heteroatoms. The van der Waals surface area contributed by atoms with E-state index < -0.39 is 5.97 Å². The maximum atomic E-state index is 13.1. The van der Waals surface area contributed by atoms with E-state index in [1.54, 1.807) is 16.7 Å². The molecule has 1 aliphatic heterocycles. The molecule has 0 fully saturated rings. The van der Waals surface area contributed by atoms with Gasteiger partial charge in [-0.15, -0.1) is 11.8 Å². The Morgan fingerprint density at radius 2 is 1.55 bits per heavy atom. The number of carbonyl (C=O) groups is 2. The number of anilines is 1. The molecule has 1 aliphatic rings. The van der Waals surface area contributed by atoms with Crippen LogP contribution in [0.2, 0.25) is 0 Å². The summed E-state index contributed by atoms with van der Waals surface area (Å²) in [5.41, 5.74) is 2.80. The summed E-state index contributed by atoms with van der Waals surface area (Å²) in [6.45, 7) is -0.270.